The molecule has 1 aromatic rings. The zero-order valence-corrected chi connectivity index (χ0v) is 8.61. The predicted molar refractivity (Wildman–Crippen MR) is 58.2 cm³/mol. The third kappa shape index (κ3) is 4.00. The van der Waals surface area contributed by atoms with Gasteiger partial charge in [-0.15, -0.1) is 0 Å². The van der Waals surface area contributed by atoms with Gasteiger partial charge in [-0.05, 0) is 17.5 Å². The summed E-state index contributed by atoms with van der Waals surface area (Å²) in [5, 5.41) is 3.08. The molecule has 0 amide bonds. The van der Waals surface area contributed by atoms with Gasteiger partial charge in [0.25, 0.3) is 0 Å². The third-order valence-corrected chi connectivity index (χ3v) is 1.93. The van der Waals surface area contributed by atoms with Gasteiger partial charge in [-0.2, -0.15) is 0 Å². The van der Waals surface area contributed by atoms with Crippen LogP contribution in [0.2, 0.25) is 0 Å². The minimum absolute atomic E-state index is 0.322. The van der Waals surface area contributed by atoms with Gasteiger partial charge < -0.3 is 10.5 Å². The van der Waals surface area contributed by atoms with E-state index in [1.807, 2.05) is 30.3 Å². The van der Waals surface area contributed by atoms with Crippen molar-refractivity contribution < 1.29 is 9.53 Å². The highest BCUT2D eigenvalue weighted by Gasteiger charge is 2.14. The van der Waals surface area contributed by atoms with Gasteiger partial charge in [0.2, 0.25) is 0 Å². The van der Waals surface area contributed by atoms with E-state index in [1.54, 1.807) is 0 Å². The molecule has 0 aromatic heterocycles. The largest absolute Gasteiger partial charge is 0.458 e. The Morgan fingerprint density at radius 3 is 2.81 bits per heavy atom. The summed E-state index contributed by atoms with van der Waals surface area (Å²) in [6.07, 6.45) is 0.399. The van der Waals surface area contributed by atoms with Crippen molar-refractivity contribution in [2.24, 2.45) is 10.8 Å². The molecule has 0 aliphatic heterocycles. The van der Waals surface area contributed by atoms with Gasteiger partial charge in [-0.3, -0.25) is 4.79 Å². The average molecular weight is 220 g/mol. The van der Waals surface area contributed by atoms with E-state index in [2.05, 4.69) is 14.8 Å². The molecule has 16 heavy (non-hydrogen) atoms. The molecule has 84 valence electrons. The summed E-state index contributed by atoms with van der Waals surface area (Å²) in [6.45, 7) is -0.322. The Balaban J connectivity index is 2.43. The maximum Gasteiger partial charge on any atom is 0.323 e. The van der Waals surface area contributed by atoms with Gasteiger partial charge in [-0.1, -0.05) is 35.4 Å². The minimum Gasteiger partial charge on any atom is -0.458 e. The topological polar surface area (TPSA) is 101 Å². The number of rotatable bonds is 5. The van der Waals surface area contributed by atoms with Crippen LogP contribution in [0, 0.1) is 0 Å². The molecule has 0 aliphatic rings. The van der Waals surface area contributed by atoms with Crippen LogP contribution in [0.4, 0.5) is 0 Å². The van der Waals surface area contributed by atoms with Crippen LogP contribution in [0.15, 0.2) is 35.4 Å². The Morgan fingerprint density at radius 2 is 2.19 bits per heavy atom. The first-order valence-corrected chi connectivity index (χ1v) is 4.71. The second-order valence-electron chi connectivity index (χ2n) is 3.12. The monoisotopic (exact) mass is 220 g/mol. The Morgan fingerprint density at radius 1 is 1.50 bits per heavy atom. The van der Waals surface area contributed by atoms with E-state index in [-0.39, 0.29) is 6.73 Å². The lowest BCUT2D eigenvalue weighted by molar-refractivity contribution is -0.144. The van der Waals surface area contributed by atoms with Crippen molar-refractivity contribution in [3.05, 3.63) is 46.3 Å². The van der Waals surface area contributed by atoms with E-state index in [9.17, 15) is 4.79 Å². The number of azide groups is 1. The molecule has 6 heteroatoms. The van der Waals surface area contributed by atoms with E-state index in [4.69, 9.17) is 11.3 Å². The Bertz CT molecular complexity index is 387. The maximum absolute atomic E-state index is 11.3. The number of hydrogen-bond acceptors (Lipinski definition) is 4. The van der Waals surface area contributed by atoms with Crippen LogP contribution in [0.3, 0.4) is 0 Å². The van der Waals surface area contributed by atoms with Gasteiger partial charge in [0, 0.05) is 4.91 Å². The van der Waals surface area contributed by atoms with Crippen LogP contribution in [0.25, 0.3) is 10.4 Å². The van der Waals surface area contributed by atoms with E-state index >= 15 is 0 Å². The molecule has 1 rings (SSSR count). The van der Waals surface area contributed by atoms with Crippen molar-refractivity contribution in [1.82, 2.24) is 0 Å². The number of carbonyl (C=O) groups excluding carboxylic acids is 1. The fraction of sp³-hybridized carbons (Fsp3) is 0.300. The number of nitrogens with zero attached hydrogens (tertiary/aromatic N) is 3. The van der Waals surface area contributed by atoms with Crippen LogP contribution >= 0.6 is 0 Å². The van der Waals surface area contributed by atoms with Gasteiger partial charge in [0.1, 0.15) is 6.04 Å². The first kappa shape index (κ1) is 12.0. The van der Waals surface area contributed by atoms with E-state index in [0.29, 0.717) is 6.42 Å². The second kappa shape index (κ2) is 6.44. The summed E-state index contributed by atoms with van der Waals surface area (Å²) < 4.78 is 4.63. The maximum atomic E-state index is 11.3. The molecule has 0 radical (unpaired) electrons. The van der Waals surface area contributed by atoms with Crippen LogP contribution in [0.5, 0.6) is 0 Å². The number of hydrogen-bond donors (Lipinski definition) is 1. The molecule has 6 nitrogen and oxygen atoms in total. The summed E-state index contributed by atoms with van der Waals surface area (Å²) in [5.74, 6) is -0.573. The summed E-state index contributed by atoms with van der Waals surface area (Å²) in [7, 11) is 0. The minimum atomic E-state index is -0.740. The van der Waals surface area contributed by atoms with Crippen LogP contribution in [0.1, 0.15) is 5.56 Å². The van der Waals surface area contributed by atoms with Crippen molar-refractivity contribution >= 4 is 5.97 Å². The summed E-state index contributed by atoms with van der Waals surface area (Å²) in [4.78, 5) is 13.7. The number of benzene rings is 1. The van der Waals surface area contributed by atoms with Gasteiger partial charge in [-0.25, -0.2) is 0 Å². The molecule has 1 aromatic carbocycles. The smallest absolute Gasteiger partial charge is 0.323 e. The van der Waals surface area contributed by atoms with Gasteiger partial charge in [0.05, 0.1) is 0 Å². The molecule has 2 N–H and O–H groups in total. The Labute approximate surface area is 92.6 Å². The zero-order chi connectivity index (χ0) is 11.8. The predicted octanol–water partition coefficient (Wildman–Crippen LogP) is 1.37. The van der Waals surface area contributed by atoms with Gasteiger partial charge >= 0.3 is 5.97 Å². The molecule has 0 saturated heterocycles. The lowest BCUT2D eigenvalue weighted by Crippen LogP contribution is -2.34. The van der Waals surface area contributed by atoms with Gasteiger partial charge in [0.15, 0.2) is 6.73 Å². The van der Waals surface area contributed by atoms with Crippen LogP contribution < -0.4 is 5.73 Å². The second-order valence-corrected chi connectivity index (χ2v) is 3.12. The fourth-order valence-electron chi connectivity index (χ4n) is 1.18. The van der Waals surface area contributed by atoms with Crippen molar-refractivity contribution in [3.8, 4) is 0 Å². The molecule has 0 aliphatic carbocycles. The van der Waals surface area contributed by atoms with Crippen LogP contribution in [-0.2, 0) is 16.0 Å². The molecule has 0 bridgehead atoms. The molecule has 0 spiro atoms. The highest BCUT2D eigenvalue weighted by Crippen LogP contribution is 2.02. The first-order chi connectivity index (χ1) is 7.74. The van der Waals surface area contributed by atoms with Crippen molar-refractivity contribution in [3.63, 3.8) is 0 Å². The SMILES string of the molecule is [N-]=[N+]=NCOC(=O)C(N)Cc1ccccc1. The number of esters is 1. The van der Waals surface area contributed by atoms with E-state index < -0.39 is 12.0 Å². The highest BCUT2D eigenvalue weighted by atomic mass is 16.5. The Hall–Kier alpha value is -2.04. The molecule has 0 fully saturated rings. The summed E-state index contributed by atoms with van der Waals surface area (Å²) in [6, 6.07) is 8.63. The van der Waals surface area contributed by atoms with Crippen LogP contribution in [-0.4, -0.2) is 18.7 Å². The zero-order valence-electron chi connectivity index (χ0n) is 8.61. The van der Waals surface area contributed by atoms with Crippen molar-refractivity contribution in [2.45, 2.75) is 12.5 Å². The molecule has 0 heterocycles. The van der Waals surface area contributed by atoms with E-state index in [1.165, 1.54) is 0 Å². The quantitative estimate of drug-likeness (QED) is 0.351. The Kier molecular flexibility index (Phi) is 4.85. The third-order valence-electron chi connectivity index (χ3n) is 1.93. The van der Waals surface area contributed by atoms with E-state index in [0.717, 1.165) is 5.56 Å². The lowest BCUT2D eigenvalue weighted by Gasteiger charge is -2.09. The highest BCUT2D eigenvalue weighted by molar-refractivity contribution is 5.75. The average Bonchev–Trinajstić information content (AvgIpc) is 2.30. The fourth-order valence-corrected chi connectivity index (χ4v) is 1.18. The summed E-state index contributed by atoms with van der Waals surface area (Å²) >= 11 is 0. The normalized spacial score (nSPS) is 11.3. The number of ether oxygens (including phenoxy) is 1. The standard InChI is InChI=1S/C10H12N4O2/c11-9(10(15)16-7-13-14-12)6-8-4-2-1-3-5-8/h1-5,9H,6-7,11H2. The number of carbonyl (C=O) groups is 1. The molecular weight excluding hydrogens is 208 g/mol. The number of nitrogens with two attached hydrogens (primary N) is 1. The molecular formula is C10H12N4O2. The van der Waals surface area contributed by atoms with Crippen molar-refractivity contribution in [1.29, 1.82) is 0 Å². The molecule has 1 atom stereocenters. The molecule has 0 saturated carbocycles. The van der Waals surface area contributed by atoms with Crippen molar-refractivity contribution in [2.75, 3.05) is 6.73 Å². The summed E-state index contributed by atoms with van der Waals surface area (Å²) in [5.41, 5.74) is 14.6. The first-order valence-electron chi connectivity index (χ1n) is 4.71. The lowest BCUT2D eigenvalue weighted by atomic mass is 10.1. The molecule has 1 unspecified atom stereocenters.